The first kappa shape index (κ1) is 14.3. The zero-order valence-corrected chi connectivity index (χ0v) is 12.1. The van der Waals surface area contributed by atoms with Crippen LogP contribution in [0.5, 0.6) is 0 Å². The minimum atomic E-state index is 0.455. The minimum absolute atomic E-state index is 0.455. The first-order chi connectivity index (χ1) is 9.69. The number of hydrogen-bond acceptors (Lipinski definition) is 2. The summed E-state index contributed by atoms with van der Waals surface area (Å²) >= 11 is 0. The predicted molar refractivity (Wildman–Crippen MR) is 82.3 cm³/mol. The Hall–Kier alpha value is -2.11. The molecule has 0 N–H and O–H groups in total. The van der Waals surface area contributed by atoms with Crippen molar-refractivity contribution in [2.45, 2.75) is 19.4 Å². The van der Waals surface area contributed by atoms with E-state index in [0.29, 0.717) is 5.92 Å². The summed E-state index contributed by atoms with van der Waals surface area (Å²) in [6.07, 6.45) is 0. The molecule has 0 bridgehead atoms. The molecular weight excluding hydrogens is 244 g/mol. The van der Waals surface area contributed by atoms with Crippen LogP contribution in [0.4, 0.5) is 0 Å². The first-order valence-electron chi connectivity index (χ1n) is 6.91. The molecule has 1 unspecified atom stereocenters. The lowest BCUT2D eigenvalue weighted by Gasteiger charge is -2.21. The first-order valence-corrected chi connectivity index (χ1v) is 6.91. The van der Waals surface area contributed by atoms with Crippen molar-refractivity contribution < 1.29 is 0 Å². The van der Waals surface area contributed by atoms with Gasteiger partial charge in [0.2, 0.25) is 0 Å². The molecule has 0 aliphatic carbocycles. The fourth-order valence-corrected chi connectivity index (χ4v) is 2.42. The Morgan fingerprint density at radius 3 is 2.30 bits per heavy atom. The zero-order chi connectivity index (χ0) is 14.4. The van der Waals surface area contributed by atoms with Gasteiger partial charge in [-0.1, -0.05) is 49.4 Å². The monoisotopic (exact) mass is 264 g/mol. The molecule has 0 saturated heterocycles. The Morgan fingerprint density at radius 2 is 1.70 bits per heavy atom. The highest BCUT2D eigenvalue weighted by atomic mass is 15.1. The summed E-state index contributed by atoms with van der Waals surface area (Å²) in [4.78, 5) is 2.33. The van der Waals surface area contributed by atoms with Gasteiger partial charge in [-0.05, 0) is 36.2 Å². The van der Waals surface area contributed by atoms with E-state index in [9.17, 15) is 0 Å². The van der Waals surface area contributed by atoms with Gasteiger partial charge in [-0.25, -0.2) is 0 Å². The second-order valence-electron chi connectivity index (χ2n) is 5.32. The third-order valence-corrected chi connectivity index (χ3v) is 3.49. The van der Waals surface area contributed by atoms with E-state index in [-0.39, 0.29) is 0 Å². The van der Waals surface area contributed by atoms with Crippen LogP contribution in [-0.2, 0) is 6.54 Å². The molecule has 20 heavy (non-hydrogen) atoms. The number of nitrogens with zero attached hydrogens (tertiary/aromatic N) is 2. The molecule has 0 saturated carbocycles. The van der Waals surface area contributed by atoms with Crippen LogP contribution in [0.2, 0.25) is 0 Å². The van der Waals surface area contributed by atoms with Gasteiger partial charge in [-0.15, -0.1) is 0 Å². The largest absolute Gasteiger partial charge is 0.302 e. The standard InChI is InChI=1S/C18H20N2/c1-15(18-10-8-16(12-19)9-11-18)13-20(2)14-17-6-4-3-5-7-17/h3-11,15H,13-14H2,1-2H3. The Morgan fingerprint density at radius 1 is 1.05 bits per heavy atom. The van der Waals surface area contributed by atoms with E-state index in [1.54, 1.807) is 0 Å². The van der Waals surface area contributed by atoms with E-state index in [1.807, 2.05) is 18.2 Å². The van der Waals surface area contributed by atoms with Crippen molar-refractivity contribution in [1.82, 2.24) is 4.90 Å². The summed E-state index contributed by atoms with van der Waals surface area (Å²) in [5.41, 5.74) is 3.34. The lowest BCUT2D eigenvalue weighted by molar-refractivity contribution is 0.309. The topological polar surface area (TPSA) is 27.0 Å². The Bertz CT molecular complexity index is 567. The molecule has 0 aliphatic rings. The van der Waals surface area contributed by atoms with Crippen LogP contribution >= 0.6 is 0 Å². The van der Waals surface area contributed by atoms with Gasteiger partial charge in [-0.3, -0.25) is 0 Å². The molecule has 2 heteroatoms. The lowest BCUT2D eigenvalue weighted by Crippen LogP contribution is -2.23. The lowest BCUT2D eigenvalue weighted by atomic mass is 9.99. The second kappa shape index (κ2) is 6.88. The molecule has 2 rings (SSSR count). The number of likely N-dealkylation sites (N-methyl/N-ethyl adjacent to an activating group) is 1. The molecule has 0 aliphatic heterocycles. The van der Waals surface area contributed by atoms with Gasteiger partial charge in [-0.2, -0.15) is 5.26 Å². The normalized spacial score (nSPS) is 12.1. The quantitative estimate of drug-likeness (QED) is 0.821. The van der Waals surface area contributed by atoms with Crippen LogP contribution in [0.1, 0.15) is 29.5 Å². The maximum atomic E-state index is 8.82. The summed E-state index contributed by atoms with van der Waals surface area (Å²) < 4.78 is 0. The summed E-state index contributed by atoms with van der Waals surface area (Å²) in [5.74, 6) is 0.455. The highest BCUT2D eigenvalue weighted by Crippen LogP contribution is 2.17. The molecule has 0 aromatic heterocycles. The predicted octanol–water partition coefficient (Wildman–Crippen LogP) is 3.79. The van der Waals surface area contributed by atoms with Crippen molar-refractivity contribution in [3.05, 3.63) is 71.3 Å². The Kier molecular flexibility index (Phi) is 4.92. The fraction of sp³-hybridized carbons (Fsp3) is 0.278. The highest BCUT2D eigenvalue weighted by Gasteiger charge is 2.09. The van der Waals surface area contributed by atoms with Crippen molar-refractivity contribution in [1.29, 1.82) is 5.26 Å². The van der Waals surface area contributed by atoms with E-state index < -0.39 is 0 Å². The molecule has 2 aromatic carbocycles. The smallest absolute Gasteiger partial charge is 0.0991 e. The average Bonchev–Trinajstić information content (AvgIpc) is 2.48. The van der Waals surface area contributed by atoms with E-state index in [4.69, 9.17) is 5.26 Å². The SMILES string of the molecule is CC(CN(C)Cc1ccccc1)c1ccc(C#N)cc1. The summed E-state index contributed by atoms with van der Waals surface area (Å²) in [5, 5.41) is 8.82. The third kappa shape index (κ3) is 3.94. The van der Waals surface area contributed by atoms with Gasteiger partial charge < -0.3 is 4.90 Å². The van der Waals surface area contributed by atoms with Crippen molar-refractivity contribution in [3.63, 3.8) is 0 Å². The summed E-state index contributed by atoms with van der Waals surface area (Å²) in [6, 6.07) is 20.6. The van der Waals surface area contributed by atoms with Crippen molar-refractivity contribution >= 4 is 0 Å². The van der Waals surface area contributed by atoms with Crippen molar-refractivity contribution in [3.8, 4) is 6.07 Å². The van der Waals surface area contributed by atoms with Crippen molar-refractivity contribution in [2.75, 3.05) is 13.6 Å². The highest BCUT2D eigenvalue weighted by molar-refractivity contribution is 5.33. The molecule has 1 atom stereocenters. The molecule has 0 heterocycles. The molecule has 0 spiro atoms. The Labute approximate surface area is 121 Å². The van der Waals surface area contributed by atoms with Gasteiger partial charge in [0.05, 0.1) is 11.6 Å². The van der Waals surface area contributed by atoms with Crippen molar-refractivity contribution in [2.24, 2.45) is 0 Å². The van der Waals surface area contributed by atoms with Crippen LogP contribution in [0.3, 0.4) is 0 Å². The fourth-order valence-electron chi connectivity index (χ4n) is 2.42. The molecular formula is C18H20N2. The van der Waals surface area contributed by atoms with Gasteiger partial charge in [0.25, 0.3) is 0 Å². The maximum Gasteiger partial charge on any atom is 0.0991 e. The number of nitriles is 1. The number of hydrogen-bond donors (Lipinski definition) is 0. The maximum absolute atomic E-state index is 8.82. The molecule has 0 fully saturated rings. The molecule has 0 radical (unpaired) electrons. The molecule has 0 amide bonds. The van der Waals surface area contributed by atoms with Crippen LogP contribution < -0.4 is 0 Å². The molecule has 2 nitrogen and oxygen atoms in total. The molecule has 102 valence electrons. The van der Waals surface area contributed by atoms with E-state index in [2.05, 4.69) is 61.3 Å². The van der Waals surface area contributed by atoms with Crippen LogP contribution in [0.15, 0.2) is 54.6 Å². The Balaban J connectivity index is 1.93. The van der Waals surface area contributed by atoms with Gasteiger partial charge >= 0.3 is 0 Å². The van der Waals surface area contributed by atoms with E-state index >= 15 is 0 Å². The summed E-state index contributed by atoms with van der Waals surface area (Å²) in [7, 11) is 2.15. The van der Waals surface area contributed by atoms with Crippen LogP contribution in [-0.4, -0.2) is 18.5 Å². The van der Waals surface area contributed by atoms with Crippen LogP contribution in [0, 0.1) is 11.3 Å². The molecule has 2 aromatic rings. The number of rotatable bonds is 5. The van der Waals surface area contributed by atoms with Gasteiger partial charge in [0.15, 0.2) is 0 Å². The van der Waals surface area contributed by atoms with E-state index in [0.717, 1.165) is 18.7 Å². The zero-order valence-electron chi connectivity index (χ0n) is 12.1. The average molecular weight is 264 g/mol. The van der Waals surface area contributed by atoms with Crippen LogP contribution in [0.25, 0.3) is 0 Å². The number of benzene rings is 2. The minimum Gasteiger partial charge on any atom is -0.302 e. The summed E-state index contributed by atoms with van der Waals surface area (Å²) in [6.45, 7) is 4.19. The van der Waals surface area contributed by atoms with Gasteiger partial charge in [0.1, 0.15) is 0 Å². The van der Waals surface area contributed by atoms with E-state index in [1.165, 1.54) is 11.1 Å². The second-order valence-corrected chi connectivity index (χ2v) is 5.32. The third-order valence-electron chi connectivity index (χ3n) is 3.49. The van der Waals surface area contributed by atoms with Gasteiger partial charge in [0, 0.05) is 13.1 Å².